The molecule has 2 aliphatic heterocycles. The smallest absolute Gasteiger partial charge is 0.344 e. The van der Waals surface area contributed by atoms with Gasteiger partial charge in [0.05, 0.1) is 16.7 Å². The van der Waals surface area contributed by atoms with Gasteiger partial charge in [0.25, 0.3) is 0 Å². The van der Waals surface area contributed by atoms with Crippen LogP contribution in [0.4, 0.5) is 17.1 Å². The molecule has 9 nitrogen and oxygen atoms in total. The maximum atomic E-state index is 14.4. The summed E-state index contributed by atoms with van der Waals surface area (Å²) in [6, 6.07) is 25.0. The van der Waals surface area contributed by atoms with Crippen molar-refractivity contribution >= 4 is 50.0 Å². The van der Waals surface area contributed by atoms with E-state index in [-0.39, 0.29) is 10.8 Å². The Balaban J connectivity index is 1.27. The fraction of sp³-hybridized carbons (Fsp3) is 0.353. The summed E-state index contributed by atoms with van der Waals surface area (Å²) in [5.41, 5.74) is 7.71. The number of hydrogen-bond donors (Lipinski definition) is 0. The molecule has 0 spiro atoms. The Hall–Kier alpha value is -6.09. The van der Waals surface area contributed by atoms with Crippen LogP contribution in [-0.2, 0) is 10.8 Å². The second-order valence-electron chi connectivity index (χ2n) is 17.8. The maximum absolute atomic E-state index is 14.4. The third kappa shape index (κ3) is 6.50. The van der Waals surface area contributed by atoms with Gasteiger partial charge in [-0.3, -0.25) is 0 Å². The van der Waals surface area contributed by atoms with Gasteiger partial charge in [0.1, 0.15) is 16.7 Å². The predicted molar refractivity (Wildman–Crippen MR) is 245 cm³/mol. The molecule has 0 atom stereocenters. The number of fused-ring (bicyclic) bond motifs is 4. The molecule has 308 valence electrons. The second-order valence-corrected chi connectivity index (χ2v) is 17.8. The van der Waals surface area contributed by atoms with Gasteiger partial charge < -0.3 is 28.0 Å². The molecule has 0 saturated carbocycles. The lowest BCUT2D eigenvalue weighted by atomic mass is 9.69. The van der Waals surface area contributed by atoms with Crippen molar-refractivity contribution in [2.24, 2.45) is 0 Å². The van der Waals surface area contributed by atoms with Gasteiger partial charge in [0.15, 0.2) is 0 Å². The van der Waals surface area contributed by atoms with Gasteiger partial charge in [-0.05, 0) is 140 Å². The van der Waals surface area contributed by atoms with E-state index in [1.165, 1.54) is 11.3 Å². The lowest BCUT2D eigenvalue weighted by molar-refractivity contribution is 0.398. The highest BCUT2D eigenvalue weighted by molar-refractivity contribution is 5.94. The van der Waals surface area contributed by atoms with Crippen LogP contribution in [0.15, 0.2) is 106 Å². The molecule has 0 radical (unpaired) electrons. The number of anilines is 3. The standard InChI is InChI=1S/C51H53N3O6/c1-9-52(10-2)36-15-13-30-24-38(47(55)58-42(30)28-36)32-21-33(39-25-31-14-16-37(53(11-3)12-4)29-43(31)59-48(39)56)23-34(22-32)40-26-35-27-41-45-44(46(35)60-49(40)57)51(7,8)18-20-54(45)19-17-50(41,5)6/h13-16,21-29H,9-12,17-20H2,1-8H3. The molecular formula is C51H53N3O6. The van der Waals surface area contributed by atoms with Crippen LogP contribution in [0.3, 0.4) is 0 Å². The molecule has 0 amide bonds. The Morgan fingerprint density at radius 3 is 1.43 bits per heavy atom. The maximum Gasteiger partial charge on any atom is 0.344 e. The first-order chi connectivity index (χ1) is 28.7. The van der Waals surface area contributed by atoms with Gasteiger partial charge in [-0.15, -0.1) is 0 Å². The average Bonchev–Trinajstić information content (AvgIpc) is 3.22. The van der Waals surface area contributed by atoms with Gasteiger partial charge in [0.2, 0.25) is 0 Å². The summed E-state index contributed by atoms with van der Waals surface area (Å²) in [6.45, 7) is 22.6. The van der Waals surface area contributed by atoms with Gasteiger partial charge >= 0.3 is 16.9 Å². The summed E-state index contributed by atoms with van der Waals surface area (Å²) in [5.74, 6) is 0. The zero-order valence-corrected chi connectivity index (χ0v) is 36.0. The number of benzene rings is 4. The third-order valence-electron chi connectivity index (χ3n) is 13.3. The van der Waals surface area contributed by atoms with Crippen molar-refractivity contribution in [3.05, 3.63) is 121 Å². The molecule has 2 aliphatic rings. The monoisotopic (exact) mass is 803 g/mol. The fourth-order valence-electron chi connectivity index (χ4n) is 9.62. The molecule has 9 rings (SSSR count). The highest BCUT2D eigenvalue weighted by atomic mass is 16.4. The lowest BCUT2D eigenvalue weighted by Gasteiger charge is -2.48. The van der Waals surface area contributed by atoms with Crippen molar-refractivity contribution in [2.45, 2.75) is 79.1 Å². The van der Waals surface area contributed by atoms with Crippen LogP contribution in [0, 0.1) is 0 Å². The van der Waals surface area contributed by atoms with Crippen molar-refractivity contribution in [1.29, 1.82) is 0 Å². The number of nitrogens with zero attached hydrogens (tertiary/aromatic N) is 3. The fourth-order valence-corrected chi connectivity index (χ4v) is 9.62. The van der Waals surface area contributed by atoms with E-state index in [0.29, 0.717) is 50.1 Å². The quantitative estimate of drug-likeness (QED) is 0.132. The van der Waals surface area contributed by atoms with Crippen molar-refractivity contribution in [3.8, 4) is 33.4 Å². The Kier molecular flexibility index (Phi) is 9.56. The van der Waals surface area contributed by atoms with Crippen molar-refractivity contribution in [2.75, 3.05) is 54.0 Å². The van der Waals surface area contributed by atoms with Crippen LogP contribution in [0.1, 0.15) is 79.4 Å². The molecule has 0 aliphatic carbocycles. The van der Waals surface area contributed by atoms with E-state index in [2.05, 4.69) is 76.2 Å². The first-order valence-electron chi connectivity index (χ1n) is 21.5. The van der Waals surface area contributed by atoms with Gasteiger partial charge in [0, 0.05) is 90.2 Å². The summed E-state index contributed by atoms with van der Waals surface area (Å²) < 4.78 is 18.4. The second kappa shape index (κ2) is 14.6. The molecule has 7 aromatic rings. The first-order valence-corrected chi connectivity index (χ1v) is 21.5. The van der Waals surface area contributed by atoms with Crippen molar-refractivity contribution in [1.82, 2.24) is 0 Å². The molecule has 0 saturated heterocycles. The summed E-state index contributed by atoms with van der Waals surface area (Å²) in [5, 5.41) is 2.36. The van der Waals surface area contributed by atoms with Gasteiger partial charge in [-0.25, -0.2) is 14.4 Å². The van der Waals surface area contributed by atoms with Crippen LogP contribution in [-0.4, -0.2) is 39.3 Å². The molecule has 60 heavy (non-hydrogen) atoms. The molecule has 3 aromatic heterocycles. The van der Waals surface area contributed by atoms with Crippen molar-refractivity contribution in [3.63, 3.8) is 0 Å². The van der Waals surface area contributed by atoms with E-state index in [0.717, 1.165) is 85.2 Å². The van der Waals surface area contributed by atoms with Gasteiger partial charge in [-0.1, -0.05) is 27.7 Å². The van der Waals surface area contributed by atoms with E-state index in [1.54, 1.807) is 6.07 Å². The average molecular weight is 804 g/mol. The highest BCUT2D eigenvalue weighted by Crippen LogP contribution is 2.52. The SMILES string of the molecule is CCN(CC)c1ccc2cc(-c3cc(-c4cc5ccc(N(CC)CC)cc5oc4=O)cc(-c4cc5cc6c7c(c5oc4=O)C(C)(C)CCN7CCC6(C)C)c3)c(=O)oc2c1. The Bertz CT molecular complexity index is 2910. The predicted octanol–water partition coefficient (Wildman–Crippen LogP) is 10.9. The molecule has 0 N–H and O–H groups in total. The molecular weight excluding hydrogens is 751 g/mol. The van der Waals surface area contributed by atoms with Crippen LogP contribution < -0.4 is 31.6 Å². The highest BCUT2D eigenvalue weighted by Gasteiger charge is 2.42. The van der Waals surface area contributed by atoms with E-state index >= 15 is 0 Å². The van der Waals surface area contributed by atoms with Crippen LogP contribution in [0.2, 0.25) is 0 Å². The lowest BCUT2D eigenvalue weighted by Crippen LogP contribution is -2.44. The Morgan fingerprint density at radius 2 is 0.967 bits per heavy atom. The third-order valence-corrected chi connectivity index (χ3v) is 13.3. The topological polar surface area (TPSA) is 100 Å². The molecule has 0 bridgehead atoms. The van der Waals surface area contributed by atoms with Crippen LogP contribution in [0.5, 0.6) is 0 Å². The summed E-state index contributed by atoms with van der Waals surface area (Å²) in [6.07, 6.45) is 1.97. The number of rotatable bonds is 9. The zero-order chi connectivity index (χ0) is 42.2. The first kappa shape index (κ1) is 39.4. The number of hydrogen-bond acceptors (Lipinski definition) is 9. The van der Waals surface area contributed by atoms with E-state index < -0.39 is 16.9 Å². The largest absolute Gasteiger partial charge is 0.422 e. The minimum Gasteiger partial charge on any atom is -0.422 e. The minimum absolute atomic E-state index is 0.0714. The Morgan fingerprint density at radius 1 is 0.533 bits per heavy atom. The normalized spacial score (nSPS) is 15.4. The van der Waals surface area contributed by atoms with E-state index in [1.807, 2.05) is 66.7 Å². The Labute approximate surface area is 349 Å². The summed E-state index contributed by atoms with van der Waals surface area (Å²) in [4.78, 5) is 49.2. The van der Waals surface area contributed by atoms with Gasteiger partial charge in [-0.2, -0.15) is 0 Å². The minimum atomic E-state index is -0.526. The molecule has 0 fully saturated rings. The molecule has 5 heterocycles. The molecule has 0 unspecified atom stereocenters. The molecule has 4 aromatic carbocycles. The van der Waals surface area contributed by atoms with Crippen LogP contribution >= 0.6 is 0 Å². The van der Waals surface area contributed by atoms with E-state index in [4.69, 9.17) is 13.3 Å². The zero-order valence-electron chi connectivity index (χ0n) is 36.0. The van der Waals surface area contributed by atoms with Crippen molar-refractivity contribution < 1.29 is 13.3 Å². The molecule has 9 heteroatoms. The van der Waals surface area contributed by atoms with Crippen LogP contribution in [0.25, 0.3) is 66.3 Å². The summed E-state index contributed by atoms with van der Waals surface area (Å²) in [7, 11) is 0. The summed E-state index contributed by atoms with van der Waals surface area (Å²) >= 11 is 0. The van der Waals surface area contributed by atoms with E-state index in [9.17, 15) is 14.4 Å².